The number of nitrogens with zero attached hydrogens (tertiary/aromatic N) is 2. The summed E-state index contributed by atoms with van der Waals surface area (Å²) >= 11 is 0. The van der Waals surface area contributed by atoms with Gasteiger partial charge < -0.3 is 4.74 Å². The molecule has 1 aliphatic heterocycles. The van der Waals surface area contributed by atoms with Crippen molar-refractivity contribution in [1.29, 1.82) is 0 Å². The molecular weight excluding hydrogens is 280 g/mol. The van der Waals surface area contributed by atoms with Crippen LogP contribution in [0.3, 0.4) is 0 Å². The van der Waals surface area contributed by atoms with Crippen molar-refractivity contribution < 1.29 is 17.9 Å². The maximum absolute atomic E-state index is 12.5. The molecule has 1 aliphatic rings. The quantitative estimate of drug-likeness (QED) is 0.625. The average Bonchev–Trinajstić information content (AvgIpc) is 2.38. The van der Waals surface area contributed by atoms with E-state index in [1.165, 1.54) is 34.7 Å². The summed E-state index contributed by atoms with van der Waals surface area (Å²) in [5.74, 6) is 0. The Labute approximate surface area is 118 Å². The fourth-order valence-electron chi connectivity index (χ4n) is 2.22. The first kappa shape index (κ1) is 14.9. The van der Waals surface area contributed by atoms with Gasteiger partial charge in [-0.25, -0.2) is 13.2 Å². The van der Waals surface area contributed by atoms with E-state index in [0.717, 1.165) is 0 Å². The van der Waals surface area contributed by atoms with Crippen LogP contribution < -0.4 is 0 Å². The van der Waals surface area contributed by atoms with Crippen molar-refractivity contribution in [3.05, 3.63) is 24.3 Å². The molecule has 1 fully saturated rings. The molecule has 1 saturated heterocycles. The Morgan fingerprint density at radius 2 is 1.75 bits per heavy atom. The number of rotatable bonds is 3. The molecule has 108 valence electrons. The Hall–Kier alpha value is -1.53. The zero-order chi connectivity index (χ0) is 14.8. The van der Waals surface area contributed by atoms with Crippen LogP contribution in [0.25, 0.3) is 0 Å². The van der Waals surface area contributed by atoms with Crippen molar-refractivity contribution >= 4 is 21.8 Å². The summed E-state index contributed by atoms with van der Waals surface area (Å²) in [5, 5.41) is 0. The second-order valence-electron chi connectivity index (χ2n) is 4.78. The van der Waals surface area contributed by atoms with Gasteiger partial charge in [-0.05, 0) is 38.1 Å². The lowest BCUT2D eigenvalue weighted by Gasteiger charge is -2.34. The van der Waals surface area contributed by atoms with Crippen LogP contribution >= 0.6 is 0 Å². The molecule has 0 amide bonds. The maximum Gasteiger partial charge on any atom is 0.243 e. The highest BCUT2D eigenvalue weighted by Gasteiger charge is 2.32. The molecule has 20 heavy (non-hydrogen) atoms. The number of hydrogen-bond donors (Lipinski definition) is 0. The van der Waals surface area contributed by atoms with Crippen LogP contribution in [0.15, 0.2) is 34.2 Å². The first-order valence-corrected chi connectivity index (χ1v) is 7.71. The van der Waals surface area contributed by atoms with E-state index >= 15 is 0 Å². The van der Waals surface area contributed by atoms with E-state index in [4.69, 9.17) is 4.74 Å². The summed E-state index contributed by atoms with van der Waals surface area (Å²) in [5.41, 5.74) is 0.377. The van der Waals surface area contributed by atoms with Crippen molar-refractivity contribution in [2.24, 2.45) is 4.99 Å². The normalized spacial score (nSPS) is 24.1. The van der Waals surface area contributed by atoms with Gasteiger partial charge in [-0.2, -0.15) is 9.30 Å². The highest BCUT2D eigenvalue weighted by molar-refractivity contribution is 7.89. The van der Waals surface area contributed by atoms with Crippen LogP contribution in [-0.4, -0.2) is 44.1 Å². The monoisotopic (exact) mass is 296 g/mol. The van der Waals surface area contributed by atoms with E-state index in [-0.39, 0.29) is 17.1 Å². The highest BCUT2D eigenvalue weighted by Crippen LogP contribution is 2.23. The van der Waals surface area contributed by atoms with Crippen molar-refractivity contribution in [1.82, 2.24) is 4.31 Å². The predicted octanol–water partition coefficient (Wildman–Crippen LogP) is 1.45. The number of benzene rings is 1. The molecule has 1 aromatic rings. The number of sulfonamides is 1. The van der Waals surface area contributed by atoms with Gasteiger partial charge in [0.15, 0.2) is 0 Å². The van der Waals surface area contributed by atoms with Crippen molar-refractivity contribution in [2.75, 3.05) is 13.1 Å². The van der Waals surface area contributed by atoms with Crippen LogP contribution in [0.4, 0.5) is 5.69 Å². The largest absolute Gasteiger partial charge is 0.373 e. The number of isocyanates is 1. The minimum absolute atomic E-state index is 0.132. The van der Waals surface area contributed by atoms with E-state index in [1.807, 2.05) is 13.8 Å². The maximum atomic E-state index is 12.5. The average molecular weight is 296 g/mol. The van der Waals surface area contributed by atoms with Crippen LogP contribution in [0, 0.1) is 0 Å². The number of ether oxygens (including phenoxy) is 1. The van der Waals surface area contributed by atoms with E-state index < -0.39 is 10.0 Å². The van der Waals surface area contributed by atoms with Crippen LogP contribution in [-0.2, 0) is 19.6 Å². The molecule has 7 heteroatoms. The Morgan fingerprint density at radius 3 is 2.25 bits per heavy atom. The highest BCUT2D eigenvalue weighted by atomic mass is 32.2. The number of morpholine rings is 1. The minimum Gasteiger partial charge on any atom is -0.373 e. The lowest BCUT2D eigenvalue weighted by molar-refractivity contribution is -0.0440. The fraction of sp³-hybridized carbons (Fsp3) is 0.462. The lowest BCUT2D eigenvalue weighted by atomic mass is 10.3. The van der Waals surface area contributed by atoms with Crippen molar-refractivity contribution in [2.45, 2.75) is 31.0 Å². The molecule has 2 atom stereocenters. The molecule has 2 unspecified atom stereocenters. The van der Waals surface area contributed by atoms with Gasteiger partial charge in [0.1, 0.15) is 0 Å². The minimum atomic E-state index is -3.55. The summed E-state index contributed by atoms with van der Waals surface area (Å²) < 4.78 is 32.0. The van der Waals surface area contributed by atoms with Crippen LogP contribution in [0.5, 0.6) is 0 Å². The fourth-order valence-corrected chi connectivity index (χ4v) is 3.81. The Balaban J connectivity index is 2.27. The molecule has 0 spiro atoms. The summed E-state index contributed by atoms with van der Waals surface area (Å²) in [6.45, 7) is 4.36. The van der Waals surface area contributed by atoms with Gasteiger partial charge >= 0.3 is 0 Å². The molecule has 2 rings (SSSR count). The van der Waals surface area contributed by atoms with Gasteiger partial charge in [0.05, 0.1) is 22.8 Å². The van der Waals surface area contributed by atoms with Crippen LogP contribution in [0.2, 0.25) is 0 Å². The van der Waals surface area contributed by atoms with E-state index in [2.05, 4.69) is 4.99 Å². The van der Waals surface area contributed by atoms with Gasteiger partial charge in [-0.1, -0.05) is 0 Å². The first-order chi connectivity index (χ1) is 9.43. The van der Waals surface area contributed by atoms with Crippen LogP contribution in [0.1, 0.15) is 13.8 Å². The van der Waals surface area contributed by atoms with Gasteiger partial charge in [-0.3, -0.25) is 0 Å². The Morgan fingerprint density at radius 1 is 1.20 bits per heavy atom. The van der Waals surface area contributed by atoms with E-state index in [9.17, 15) is 13.2 Å². The molecule has 0 aliphatic carbocycles. The smallest absolute Gasteiger partial charge is 0.243 e. The molecule has 6 nitrogen and oxygen atoms in total. The second kappa shape index (κ2) is 5.85. The molecule has 0 N–H and O–H groups in total. The standard InChI is InChI=1S/C13H16N2O4S/c1-10-7-15(8-11(2)19-10)20(17,18)13-5-3-12(4-6-13)14-9-16/h3-6,10-11H,7-8H2,1-2H3. The van der Waals surface area contributed by atoms with E-state index in [1.54, 1.807) is 0 Å². The number of carbonyl (C=O) groups excluding carboxylic acids is 1. The lowest BCUT2D eigenvalue weighted by Crippen LogP contribution is -2.48. The molecular formula is C13H16N2O4S. The molecule has 1 aromatic carbocycles. The SMILES string of the molecule is CC1CN(S(=O)(=O)c2ccc(N=C=O)cc2)CC(C)O1. The summed E-state index contributed by atoms with van der Waals surface area (Å²) in [4.78, 5) is 13.8. The Kier molecular flexibility index (Phi) is 4.35. The van der Waals surface area contributed by atoms with Gasteiger partial charge in [0.25, 0.3) is 0 Å². The molecule has 0 aromatic heterocycles. The molecule has 0 radical (unpaired) electrons. The Bertz CT molecular complexity index is 610. The van der Waals surface area contributed by atoms with Gasteiger partial charge in [0.2, 0.25) is 16.1 Å². The zero-order valence-corrected chi connectivity index (χ0v) is 12.1. The summed E-state index contributed by atoms with van der Waals surface area (Å²) in [6, 6.07) is 5.84. The second-order valence-corrected chi connectivity index (χ2v) is 6.71. The summed E-state index contributed by atoms with van der Waals surface area (Å²) in [6.07, 6.45) is 1.15. The third kappa shape index (κ3) is 3.13. The third-order valence-electron chi connectivity index (χ3n) is 3.04. The van der Waals surface area contributed by atoms with Gasteiger partial charge in [0, 0.05) is 13.1 Å². The number of aliphatic imine (C=N–C) groups is 1. The van der Waals surface area contributed by atoms with E-state index in [0.29, 0.717) is 18.8 Å². The summed E-state index contributed by atoms with van der Waals surface area (Å²) in [7, 11) is -3.55. The zero-order valence-electron chi connectivity index (χ0n) is 11.3. The molecule has 0 saturated carbocycles. The number of hydrogen-bond acceptors (Lipinski definition) is 5. The predicted molar refractivity (Wildman–Crippen MR) is 73.0 cm³/mol. The van der Waals surface area contributed by atoms with Crippen molar-refractivity contribution in [3.8, 4) is 0 Å². The third-order valence-corrected chi connectivity index (χ3v) is 4.88. The van der Waals surface area contributed by atoms with Crippen molar-refractivity contribution in [3.63, 3.8) is 0 Å². The van der Waals surface area contributed by atoms with Gasteiger partial charge in [-0.15, -0.1) is 0 Å². The first-order valence-electron chi connectivity index (χ1n) is 6.27. The molecule has 1 heterocycles. The topological polar surface area (TPSA) is 76.0 Å². The molecule has 0 bridgehead atoms.